The number of hydrogen-bond donors (Lipinski definition) is 1. The van der Waals surface area contributed by atoms with Gasteiger partial charge in [-0.3, -0.25) is 14.2 Å². The predicted molar refractivity (Wildman–Crippen MR) is 105 cm³/mol. The van der Waals surface area contributed by atoms with Crippen LogP contribution in [0, 0.1) is 12.7 Å². The monoisotopic (exact) mass is 403 g/mol. The Bertz CT molecular complexity index is 1060. The van der Waals surface area contributed by atoms with Gasteiger partial charge in [0.2, 0.25) is 5.91 Å². The van der Waals surface area contributed by atoms with E-state index >= 15 is 0 Å². The van der Waals surface area contributed by atoms with Crippen LogP contribution >= 0.6 is 23.4 Å². The van der Waals surface area contributed by atoms with E-state index in [1.54, 1.807) is 18.2 Å². The molecule has 1 heterocycles. The minimum atomic E-state index is -0.443. The number of anilines is 1. The zero-order valence-corrected chi connectivity index (χ0v) is 15.9. The normalized spacial score (nSPS) is 10.6. The largest absolute Gasteiger partial charge is 0.325 e. The molecule has 0 saturated carbocycles. The molecule has 0 aliphatic carbocycles. The Balaban J connectivity index is 1.73. The molecule has 0 fully saturated rings. The third-order valence-corrected chi connectivity index (χ3v) is 4.90. The van der Waals surface area contributed by atoms with Crippen LogP contribution in [-0.2, 0) is 4.79 Å². The van der Waals surface area contributed by atoms with Crippen molar-refractivity contribution < 1.29 is 9.18 Å². The van der Waals surface area contributed by atoms with Crippen molar-refractivity contribution >= 4 is 35.0 Å². The Morgan fingerprint density at radius 1 is 1.30 bits per heavy atom. The van der Waals surface area contributed by atoms with Crippen molar-refractivity contribution in [3.8, 4) is 5.69 Å². The second kappa shape index (κ2) is 8.37. The third-order valence-electron chi connectivity index (χ3n) is 3.71. The molecule has 138 valence electrons. The Kier molecular flexibility index (Phi) is 5.93. The van der Waals surface area contributed by atoms with Gasteiger partial charge in [-0.1, -0.05) is 35.5 Å². The Morgan fingerprint density at radius 2 is 2.11 bits per heavy atom. The molecule has 0 aliphatic heterocycles. The molecular formula is C19H15ClFN3O2S. The highest BCUT2D eigenvalue weighted by Crippen LogP contribution is 2.21. The number of amides is 1. The molecule has 0 spiro atoms. The van der Waals surface area contributed by atoms with Crippen molar-refractivity contribution in [1.29, 1.82) is 0 Å². The quantitative estimate of drug-likeness (QED) is 0.652. The Morgan fingerprint density at radius 3 is 2.89 bits per heavy atom. The fourth-order valence-corrected chi connectivity index (χ4v) is 3.24. The third kappa shape index (κ3) is 4.75. The molecule has 1 amide bonds. The summed E-state index contributed by atoms with van der Waals surface area (Å²) in [6.07, 6.45) is 2.89. The maximum Gasteiger partial charge on any atom is 0.287 e. The van der Waals surface area contributed by atoms with Gasteiger partial charge < -0.3 is 5.32 Å². The van der Waals surface area contributed by atoms with Gasteiger partial charge in [-0.15, -0.1) is 0 Å². The first-order chi connectivity index (χ1) is 12.9. The van der Waals surface area contributed by atoms with Gasteiger partial charge >= 0.3 is 0 Å². The SMILES string of the molecule is Cc1ccc(Cl)cc1NC(=O)CSc1nccn(-c2cccc(F)c2)c1=O. The number of carbonyl (C=O) groups excluding carboxylic acids is 1. The minimum Gasteiger partial charge on any atom is -0.325 e. The number of carbonyl (C=O) groups is 1. The molecule has 5 nitrogen and oxygen atoms in total. The number of nitrogens with zero attached hydrogens (tertiary/aromatic N) is 2. The average Bonchev–Trinajstić information content (AvgIpc) is 2.64. The topological polar surface area (TPSA) is 64.0 Å². The highest BCUT2D eigenvalue weighted by atomic mass is 35.5. The van der Waals surface area contributed by atoms with Gasteiger partial charge in [-0.25, -0.2) is 9.37 Å². The van der Waals surface area contributed by atoms with Crippen LogP contribution in [-0.4, -0.2) is 21.2 Å². The molecule has 0 unspecified atom stereocenters. The molecule has 0 atom stereocenters. The second-order valence-corrected chi connectivity index (χ2v) is 7.08. The lowest BCUT2D eigenvalue weighted by molar-refractivity contribution is -0.113. The van der Waals surface area contributed by atoms with Crippen molar-refractivity contribution in [2.75, 3.05) is 11.1 Å². The summed E-state index contributed by atoms with van der Waals surface area (Å²) >= 11 is 6.96. The van der Waals surface area contributed by atoms with Crippen LogP contribution in [0.3, 0.4) is 0 Å². The van der Waals surface area contributed by atoms with Crippen LogP contribution in [0.4, 0.5) is 10.1 Å². The van der Waals surface area contributed by atoms with Crippen LogP contribution in [0.5, 0.6) is 0 Å². The number of hydrogen-bond acceptors (Lipinski definition) is 4. The van der Waals surface area contributed by atoms with Crippen LogP contribution in [0.15, 0.2) is 64.7 Å². The number of aromatic nitrogens is 2. The number of benzene rings is 2. The highest BCUT2D eigenvalue weighted by molar-refractivity contribution is 7.99. The summed E-state index contributed by atoms with van der Waals surface area (Å²) in [5.41, 5.74) is 1.47. The molecule has 3 aromatic rings. The van der Waals surface area contributed by atoms with Crippen LogP contribution in [0.1, 0.15) is 5.56 Å². The molecule has 0 saturated heterocycles. The minimum absolute atomic E-state index is 0.00135. The highest BCUT2D eigenvalue weighted by Gasteiger charge is 2.11. The van der Waals surface area contributed by atoms with Gasteiger partial charge in [0.1, 0.15) is 5.82 Å². The molecule has 0 radical (unpaired) electrons. The van der Waals surface area contributed by atoms with E-state index in [0.717, 1.165) is 17.3 Å². The maximum atomic E-state index is 13.4. The molecule has 27 heavy (non-hydrogen) atoms. The Hall–Kier alpha value is -2.64. The zero-order chi connectivity index (χ0) is 19.4. The van der Waals surface area contributed by atoms with Crippen molar-refractivity contribution in [3.05, 3.63) is 81.6 Å². The number of aryl methyl sites for hydroxylation is 1. The maximum absolute atomic E-state index is 13.4. The lowest BCUT2D eigenvalue weighted by Gasteiger charge is -2.09. The summed E-state index contributed by atoms with van der Waals surface area (Å²) < 4.78 is 14.7. The zero-order valence-electron chi connectivity index (χ0n) is 14.3. The number of rotatable bonds is 5. The van der Waals surface area contributed by atoms with E-state index < -0.39 is 11.4 Å². The molecule has 3 rings (SSSR count). The first kappa shape index (κ1) is 19.1. The van der Waals surface area contributed by atoms with Gasteiger partial charge in [-0.2, -0.15) is 0 Å². The summed E-state index contributed by atoms with van der Waals surface area (Å²) in [4.78, 5) is 28.8. The molecular weight excluding hydrogens is 389 g/mol. The Labute approximate surface area is 164 Å². The summed E-state index contributed by atoms with van der Waals surface area (Å²) in [6.45, 7) is 1.86. The standard InChI is InChI=1S/C19H15ClFN3O2S/c1-12-5-6-13(20)9-16(12)23-17(25)11-27-18-19(26)24(8-7-22-18)15-4-2-3-14(21)10-15/h2-10H,11H2,1H3,(H,23,25). The predicted octanol–water partition coefficient (Wildman–Crippen LogP) is 4.06. The van der Waals surface area contributed by atoms with Crippen molar-refractivity contribution in [2.24, 2.45) is 0 Å². The first-order valence-electron chi connectivity index (χ1n) is 7.96. The van der Waals surface area contributed by atoms with Crippen molar-refractivity contribution in [3.63, 3.8) is 0 Å². The number of halogens is 2. The van der Waals surface area contributed by atoms with E-state index in [-0.39, 0.29) is 16.7 Å². The molecule has 8 heteroatoms. The average molecular weight is 404 g/mol. The van der Waals surface area contributed by atoms with E-state index in [0.29, 0.717) is 16.4 Å². The molecule has 2 aromatic carbocycles. The fraction of sp³-hybridized carbons (Fsp3) is 0.105. The molecule has 0 aliphatic rings. The van der Waals surface area contributed by atoms with E-state index in [1.807, 2.05) is 13.0 Å². The summed E-state index contributed by atoms with van der Waals surface area (Å²) in [5.74, 6) is -0.726. The lowest BCUT2D eigenvalue weighted by Crippen LogP contribution is -2.22. The number of nitrogens with one attached hydrogen (secondary N) is 1. The van der Waals surface area contributed by atoms with Crippen LogP contribution in [0.25, 0.3) is 5.69 Å². The van der Waals surface area contributed by atoms with E-state index in [4.69, 9.17) is 11.6 Å². The first-order valence-corrected chi connectivity index (χ1v) is 9.33. The fourth-order valence-electron chi connectivity index (χ4n) is 2.37. The van der Waals surface area contributed by atoms with Crippen molar-refractivity contribution in [2.45, 2.75) is 11.9 Å². The van der Waals surface area contributed by atoms with Gasteiger partial charge in [0.05, 0.1) is 11.4 Å². The van der Waals surface area contributed by atoms with Crippen molar-refractivity contribution in [1.82, 2.24) is 9.55 Å². The van der Waals surface area contributed by atoms with Crippen LogP contribution in [0.2, 0.25) is 5.02 Å². The van der Waals surface area contributed by atoms with Crippen LogP contribution < -0.4 is 10.9 Å². The summed E-state index contributed by atoms with van der Waals surface area (Å²) in [7, 11) is 0. The second-order valence-electron chi connectivity index (χ2n) is 5.68. The molecule has 1 aromatic heterocycles. The summed E-state index contributed by atoms with van der Waals surface area (Å²) in [6, 6.07) is 10.9. The number of thioether (sulfide) groups is 1. The lowest BCUT2D eigenvalue weighted by atomic mass is 10.2. The van der Waals surface area contributed by atoms with Gasteiger partial charge in [-0.05, 0) is 42.8 Å². The van der Waals surface area contributed by atoms with Gasteiger partial charge in [0, 0.05) is 23.1 Å². The van der Waals surface area contributed by atoms with E-state index in [1.165, 1.54) is 35.2 Å². The van der Waals surface area contributed by atoms with E-state index in [2.05, 4.69) is 10.3 Å². The summed E-state index contributed by atoms with van der Waals surface area (Å²) in [5, 5.41) is 3.44. The molecule has 0 bridgehead atoms. The van der Waals surface area contributed by atoms with Gasteiger partial charge in [0.25, 0.3) is 5.56 Å². The van der Waals surface area contributed by atoms with Gasteiger partial charge in [0.15, 0.2) is 5.03 Å². The molecule has 1 N–H and O–H groups in total. The smallest absolute Gasteiger partial charge is 0.287 e. The van der Waals surface area contributed by atoms with E-state index in [9.17, 15) is 14.0 Å².